The summed E-state index contributed by atoms with van der Waals surface area (Å²) in [5.41, 5.74) is 1.17. The molecule has 4 nitrogen and oxygen atoms in total. The van der Waals surface area contributed by atoms with E-state index in [4.69, 9.17) is 5.26 Å². The number of nitrogens with one attached hydrogen (secondary N) is 1. The van der Waals surface area contributed by atoms with E-state index in [1.807, 2.05) is 20.0 Å². The standard InChI is InChI=1S/C14H22N2O2/c1-12(18-17)14(15-2)8-9-16(11-14)10-13-6-4-3-5-7-13/h3-7,12,15,17H,8-11H2,1-2H3. The van der Waals surface area contributed by atoms with Crippen molar-refractivity contribution in [3.63, 3.8) is 0 Å². The number of likely N-dealkylation sites (N-methyl/N-ethyl adjacent to an activating group) is 1. The van der Waals surface area contributed by atoms with Crippen LogP contribution in [-0.4, -0.2) is 41.9 Å². The van der Waals surface area contributed by atoms with Crippen molar-refractivity contribution in [2.24, 2.45) is 0 Å². The second-order valence-corrected chi connectivity index (χ2v) is 5.10. The number of likely N-dealkylation sites (tertiary alicyclic amines) is 1. The first-order valence-electron chi connectivity index (χ1n) is 6.45. The van der Waals surface area contributed by atoms with Crippen molar-refractivity contribution in [1.29, 1.82) is 0 Å². The van der Waals surface area contributed by atoms with Crippen LogP contribution in [0.15, 0.2) is 30.3 Å². The maximum Gasteiger partial charge on any atom is 0.109 e. The highest BCUT2D eigenvalue weighted by Gasteiger charge is 2.42. The van der Waals surface area contributed by atoms with Crippen LogP contribution in [-0.2, 0) is 11.4 Å². The Kier molecular flexibility index (Phi) is 4.35. The molecular formula is C14H22N2O2. The van der Waals surface area contributed by atoms with Gasteiger partial charge in [0.2, 0.25) is 0 Å². The molecule has 100 valence electrons. The van der Waals surface area contributed by atoms with Gasteiger partial charge in [0.25, 0.3) is 0 Å². The topological polar surface area (TPSA) is 44.7 Å². The van der Waals surface area contributed by atoms with E-state index in [1.54, 1.807) is 0 Å². The molecule has 0 bridgehead atoms. The molecule has 2 rings (SSSR count). The van der Waals surface area contributed by atoms with Gasteiger partial charge in [-0.05, 0) is 26.0 Å². The van der Waals surface area contributed by atoms with Gasteiger partial charge in [-0.25, -0.2) is 4.89 Å². The molecule has 2 atom stereocenters. The molecule has 0 radical (unpaired) electrons. The fraction of sp³-hybridized carbons (Fsp3) is 0.571. The molecule has 1 aliphatic rings. The van der Waals surface area contributed by atoms with Crippen molar-refractivity contribution in [2.75, 3.05) is 20.1 Å². The lowest BCUT2D eigenvalue weighted by atomic mass is 9.92. The van der Waals surface area contributed by atoms with Gasteiger partial charge in [-0.1, -0.05) is 30.3 Å². The highest BCUT2D eigenvalue weighted by Crippen LogP contribution is 2.27. The lowest BCUT2D eigenvalue weighted by Crippen LogP contribution is -2.54. The lowest BCUT2D eigenvalue weighted by molar-refractivity contribution is -0.289. The van der Waals surface area contributed by atoms with E-state index < -0.39 is 0 Å². The van der Waals surface area contributed by atoms with Crippen molar-refractivity contribution >= 4 is 0 Å². The molecule has 1 aromatic rings. The average Bonchev–Trinajstić information content (AvgIpc) is 2.83. The Balaban J connectivity index is 1.99. The van der Waals surface area contributed by atoms with E-state index >= 15 is 0 Å². The second-order valence-electron chi connectivity index (χ2n) is 5.10. The minimum Gasteiger partial charge on any atom is -0.311 e. The van der Waals surface area contributed by atoms with Gasteiger partial charge < -0.3 is 5.32 Å². The maximum atomic E-state index is 8.91. The molecule has 1 aliphatic heterocycles. The van der Waals surface area contributed by atoms with E-state index in [0.717, 1.165) is 26.1 Å². The van der Waals surface area contributed by atoms with Gasteiger partial charge in [0.1, 0.15) is 6.10 Å². The van der Waals surface area contributed by atoms with Gasteiger partial charge in [0.05, 0.1) is 5.54 Å². The van der Waals surface area contributed by atoms with E-state index in [1.165, 1.54) is 5.56 Å². The third-order valence-corrected chi connectivity index (χ3v) is 4.06. The Morgan fingerprint density at radius 1 is 1.44 bits per heavy atom. The average molecular weight is 250 g/mol. The van der Waals surface area contributed by atoms with Crippen molar-refractivity contribution in [1.82, 2.24) is 10.2 Å². The summed E-state index contributed by atoms with van der Waals surface area (Å²) in [5, 5.41) is 12.2. The largest absolute Gasteiger partial charge is 0.311 e. The normalized spacial score (nSPS) is 26.4. The Morgan fingerprint density at radius 3 is 2.78 bits per heavy atom. The molecule has 0 aliphatic carbocycles. The number of benzene rings is 1. The Morgan fingerprint density at radius 2 is 2.17 bits per heavy atom. The molecule has 2 N–H and O–H groups in total. The second kappa shape index (κ2) is 5.80. The molecule has 4 heteroatoms. The first-order chi connectivity index (χ1) is 8.70. The van der Waals surface area contributed by atoms with E-state index in [0.29, 0.717) is 0 Å². The van der Waals surface area contributed by atoms with E-state index in [9.17, 15) is 0 Å². The van der Waals surface area contributed by atoms with Crippen LogP contribution in [0.2, 0.25) is 0 Å². The predicted molar refractivity (Wildman–Crippen MR) is 71.3 cm³/mol. The van der Waals surface area contributed by atoms with E-state index in [-0.39, 0.29) is 11.6 Å². The van der Waals surface area contributed by atoms with Gasteiger partial charge in [0.15, 0.2) is 0 Å². The van der Waals surface area contributed by atoms with Crippen molar-refractivity contribution in [3.8, 4) is 0 Å². The van der Waals surface area contributed by atoms with Crippen LogP contribution in [0.1, 0.15) is 18.9 Å². The summed E-state index contributed by atoms with van der Waals surface area (Å²) in [6, 6.07) is 10.5. The van der Waals surface area contributed by atoms with Gasteiger partial charge in [-0.3, -0.25) is 10.2 Å². The minimum absolute atomic E-state index is 0.149. The fourth-order valence-corrected chi connectivity index (χ4v) is 2.73. The quantitative estimate of drug-likeness (QED) is 0.617. The molecule has 1 fully saturated rings. The van der Waals surface area contributed by atoms with Crippen LogP contribution in [0.5, 0.6) is 0 Å². The summed E-state index contributed by atoms with van der Waals surface area (Å²) >= 11 is 0. The van der Waals surface area contributed by atoms with Crippen LogP contribution in [0.25, 0.3) is 0 Å². The number of nitrogens with zero attached hydrogens (tertiary/aromatic N) is 1. The highest BCUT2D eigenvalue weighted by molar-refractivity contribution is 5.15. The molecule has 1 saturated heterocycles. The molecule has 1 aromatic carbocycles. The lowest BCUT2D eigenvalue weighted by Gasteiger charge is -2.33. The van der Waals surface area contributed by atoms with Crippen LogP contribution < -0.4 is 5.32 Å². The summed E-state index contributed by atoms with van der Waals surface area (Å²) in [6.45, 7) is 4.76. The Labute approximate surface area is 108 Å². The molecule has 1 heterocycles. The highest BCUT2D eigenvalue weighted by atomic mass is 17.1. The summed E-state index contributed by atoms with van der Waals surface area (Å²) in [4.78, 5) is 6.93. The monoisotopic (exact) mass is 250 g/mol. The SMILES string of the molecule is CNC1(C(C)OO)CCN(Cc2ccccc2)C1. The Bertz CT molecular complexity index is 371. The van der Waals surface area contributed by atoms with Gasteiger partial charge in [0, 0.05) is 19.6 Å². The number of hydrogen-bond donors (Lipinski definition) is 2. The van der Waals surface area contributed by atoms with Crippen molar-refractivity contribution < 1.29 is 10.1 Å². The zero-order valence-corrected chi connectivity index (χ0v) is 11.1. The smallest absolute Gasteiger partial charge is 0.109 e. The molecule has 0 saturated carbocycles. The Hall–Kier alpha value is -0.940. The summed E-state index contributed by atoms with van der Waals surface area (Å²) in [5.74, 6) is 0. The zero-order valence-electron chi connectivity index (χ0n) is 11.1. The van der Waals surface area contributed by atoms with Gasteiger partial charge >= 0.3 is 0 Å². The van der Waals surface area contributed by atoms with Crippen LogP contribution in [0, 0.1) is 0 Å². The molecule has 0 amide bonds. The third-order valence-electron chi connectivity index (χ3n) is 4.06. The summed E-state index contributed by atoms with van der Waals surface area (Å²) in [7, 11) is 1.93. The third kappa shape index (κ3) is 2.72. The minimum atomic E-state index is -0.205. The maximum absolute atomic E-state index is 8.91. The first-order valence-corrected chi connectivity index (χ1v) is 6.45. The molecule has 18 heavy (non-hydrogen) atoms. The molecule has 0 spiro atoms. The molecular weight excluding hydrogens is 228 g/mol. The number of rotatable bonds is 5. The predicted octanol–water partition coefficient (Wildman–Crippen LogP) is 1.73. The summed E-state index contributed by atoms with van der Waals surface area (Å²) in [6.07, 6.45) is 0.779. The van der Waals surface area contributed by atoms with Gasteiger partial charge in [-0.15, -0.1) is 0 Å². The van der Waals surface area contributed by atoms with Crippen LogP contribution in [0.4, 0.5) is 0 Å². The molecule has 0 aromatic heterocycles. The van der Waals surface area contributed by atoms with Gasteiger partial charge in [-0.2, -0.15) is 0 Å². The first kappa shape index (κ1) is 13.5. The van der Waals surface area contributed by atoms with Crippen LogP contribution in [0.3, 0.4) is 0 Å². The molecule has 2 unspecified atom stereocenters. The van der Waals surface area contributed by atoms with Crippen LogP contribution >= 0.6 is 0 Å². The van der Waals surface area contributed by atoms with E-state index in [2.05, 4.69) is 39.4 Å². The zero-order chi connectivity index (χ0) is 13.0. The van der Waals surface area contributed by atoms with Crippen molar-refractivity contribution in [3.05, 3.63) is 35.9 Å². The van der Waals surface area contributed by atoms with Crippen molar-refractivity contribution in [2.45, 2.75) is 31.5 Å². The summed E-state index contributed by atoms with van der Waals surface area (Å²) < 4.78 is 0. The number of hydrogen-bond acceptors (Lipinski definition) is 4. The fourth-order valence-electron chi connectivity index (χ4n) is 2.73.